The summed E-state index contributed by atoms with van der Waals surface area (Å²) in [6, 6.07) is 3.35. The lowest BCUT2D eigenvalue weighted by Gasteiger charge is -2.08. The molecule has 0 saturated heterocycles. The van der Waals surface area contributed by atoms with E-state index >= 15 is 0 Å². The zero-order valence-electron chi connectivity index (χ0n) is 11.2. The monoisotopic (exact) mass is 281 g/mol. The second kappa shape index (κ2) is 6.89. The minimum atomic E-state index is -0.730. The molecule has 1 amide bonds. The van der Waals surface area contributed by atoms with Gasteiger partial charge in [0.25, 0.3) is 0 Å². The number of amides is 1. The second-order valence-electron chi connectivity index (χ2n) is 3.51. The van der Waals surface area contributed by atoms with Crippen molar-refractivity contribution in [2.45, 2.75) is 6.92 Å². The van der Waals surface area contributed by atoms with Crippen molar-refractivity contribution in [3.8, 4) is 5.88 Å². The number of pyridine rings is 1. The van der Waals surface area contributed by atoms with E-state index in [9.17, 15) is 4.79 Å². The highest BCUT2D eigenvalue weighted by Gasteiger charge is 2.13. The summed E-state index contributed by atoms with van der Waals surface area (Å²) in [4.78, 5) is 19.0. The summed E-state index contributed by atoms with van der Waals surface area (Å²) in [6.45, 7) is 1.80. The first-order chi connectivity index (χ1) is 9.01. The lowest BCUT2D eigenvalue weighted by Crippen LogP contribution is -2.13. The number of ether oxygens (including phenoxy) is 2. The van der Waals surface area contributed by atoms with E-state index in [1.54, 1.807) is 25.3 Å². The first kappa shape index (κ1) is 15.2. The van der Waals surface area contributed by atoms with Crippen LogP contribution in [0, 0.1) is 12.3 Å². The Kier molecular flexibility index (Phi) is 5.50. The molecule has 0 aliphatic heterocycles. The van der Waals surface area contributed by atoms with Crippen LogP contribution in [0.15, 0.2) is 17.1 Å². The summed E-state index contributed by atoms with van der Waals surface area (Å²) in [5, 5.41) is 8.36. The molecule has 0 aliphatic rings. The van der Waals surface area contributed by atoms with Crippen LogP contribution in [0.1, 0.15) is 11.3 Å². The van der Waals surface area contributed by atoms with Crippen LogP contribution in [0.25, 0.3) is 0 Å². The van der Waals surface area contributed by atoms with Crippen molar-refractivity contribution in [1.82, 2.24) is 4.98 Å². The third-order valence-electron chi connectivity index (χ3n) is 2.20. The van der Waals surface area contributed by atoms with Crippen LogP contribution >= 0.6 is 11.8 Å². The number of aryl methyl sites for hydroxylation is 1. The fourth-order valence-electron chi connectivity index (χ4n) is 1.34. The number of nitrogens with zero attached hydrogens (tertiary/aromatic N) is 2. The first-order valence-corrected chi connectivity index (χ1v) is 6.57. The van der Waals surface area contributed by atoms with Gasteiger partial charge in [-0.3, -0.25) is 5.41 Å². The standard InChI is InChI=1S/C12H15N3O3S/c1-7-5-8(6-9(14-7)17-2)10(13)11(19-4)15-12(16)18-3/h5-6,13H,1-4H3. The summed E-state index contributed by atoms with van der Waals surface area (Å²) < 4.78 is 9.52. The summed E-state index contributed by atoms with van der Waals surface area (Å²) in [5.41, 5.74) is 1.43. The van der Waals surface area contributed by atoms with Gasteiger partial charge < -0.3 is 9.47 Å². The fraction of sp³-hybridized carbons (Fsp3) is 0.333. The highest BCUT2D eigenvalue weighted by atomic mass is 32.2. The molecule has 1 N–H and O–H groups in total. The Morgan fingerprint density at radius 3 is 2.63 bits per heavy atom. The maximum Gasteiger partial charge on any atom is 0.434 e. The van der Waals surface area contributed by atoms with Crippen LogP contribution < -0.4 is 4.74 Å². The van der Waals surface area contributed by atoms with E-state index < -0.39 is 6.09 Å². The van der Waals surface area contributed by atoms with Crippen molar-refractivity contribution in [3.05, 3.63) is 23.4 Å². The largest absolute Gasteiger partial charge is 0.481 e. The summed E-state index contributed by atoms with van der Waals surface area (Å²) in [7, 11) is 2.75. The molecule has 19 heavy (non-hydrogen) atoms. The number of methoxy groups -OCH3 is 2. The molecule has 0 radical (unpaired) electrons. The van der Waals surface area contributed by atoms with Crippen molar-refractivity contribution < 1.29 is 14.3 Å². The lowest BCUT2D eigenvalue weighted by molar-refractivity contribution is 0.183. The fourth-order valence-corrected chi connectivity index (χ4v) is 1.83. The predicted molar refractivity (Wildman–Crippen MR) is 75.7 cm³/mol. The van der Waals surface area contributed by atoms with Crippen LogP contribution in [-0.4, -0.2) is 42.3 Å². The molecule has 0 atom stereocenters. The number of aliphatic imine (C=N–C) groups is 1. The van der Waals surface area contributed by atoms with Gasteiger partial charge in [0, 0.05) is 17.3 Å². The van der Waals surface area contributed by atoms with E-state index in [1.807, 2.05) is 0 Å². The minimum absolute atomic E-state index is 0.127. The van der Waals surface area contributed by atoms with E-state index in [2.05, 4.69) is 14.7 Å². The highest BCUT2D eigenvalue weighted by molar-refractivity contribution is 8.15. The van der Waals surface area contributed by atoms with Crippen molar-refractivity contribution in [2.75, 3.05) is 20.5 Å². The zero-order chi connectivity index (χ0) is 14.4. The van der Waals surface area contributed by atoms with Gasteiger partial charge in [0.15, 0.2) is 0 Å². The van der Waals surface area contributed by atoms with Gasteiger partial charge in [0.05, 0.1) is 19.9 Å². The highest BCUT2D eigenvalue weighted by Crippen LogP contribution is 2.15. The number of hydrogen-bond acceptors (Lipinski definition) is 6. The molecule has 0 spiro atoms. The average Bonchev–Trinajstić information content (AvgIpc) is 2.42. The van der Waals surface area contributed by atoms with Gasteiger partial charge in [-0.15, -0.1) is 11.8 Å². The molecular formula is C12H15N3O3S. The zero-order valence-corrected chi connectivity index (χ0v) is 12.0. The molecule has 0 fully saturated rings. The molecule has 0 aromatic carbocycles. The third kappa shape index (κ3) is 4.06. The number of aromatic nitrogens is 1. The number of carbonyl (C=O) groups is 1. The number of carbonyl (C=O) groups excluding carboxylic acids is 1. The summed E-state index contributed by atoms with van der Waals surface area (Å²) in [5.74, 6) is 0.415. The molecule has 0 saturated carbocycles. The normalized spacial score (nSPS) is 11.1. The quantitative estimate of drug-likeness (QED) is 0.678. The predicted octanol–water partition coefficient (Wildman–Crippen LogP) is 2.29. The molecule has 6 nitrogen and oxygen atoms in total. The Labute approximate surface area is 115 Å². The van der Waals surface area contributed by atoms with Crippen molar-refractivity contribution in [2.24, 2.45) is 4.99 Å². The second-order valence-corrected chi connectivity index (χ2v) is 4.30. The molecule has 1 heterocycles. The van der Waals surface area contributed by atoms with Gasteiger partial charge >= 0.3 is 6.09 Å². The van der Waals surface area contributed by atoms with E-state index in [1.165, 1.54) is 26.0 Å². The van der Waals surface area contributed by atoms with E-state index in [0.29, 0.717) is 11.4 Å². The van der Waals surface area contributed by atoms with Crippen LogP contribution in [-0.2, 0) is 4.74 Å². The summed E-state index contributed by atoms with van der Waals surface area (Å²) in [6.07, 6.45) is 1.01. The molecule has 1 aromatic rings. The van der Waals surface area contributed by atoms with E-state index in [0.717, 1.165) is 5.69 Å². The molecule has 0 bridgehead atoms. The Balaban J connectivity index is 3.14. The number of thioether (sulfide) groups is 1. The van der Waals surface area contributed by atoms with Gasteiger partial charge in [-0.25, -0.2) is 9.78 Å². The Bertz CT molecular complexity index is 529. The molecule has 1 aromatic heterocycles. The van der Waals surface area contributed by atoms with Crippen molar-refractivity contribution >= 4 is 28.6 Å². The Morgan fingerprint density at radius 1 is 1.42 bits per heavy atom. The molecule has 7 heteroatoms. The SMILES string of the molecule is COC(=O)N=C(SC)C(=N)c1cc(C)nc(OC)c1. The van der Waals surface area contributed by atoms with Gasteiger partial charge in [-0.1, -0.05) is 0 Å². The van der Waals surface area contributed by atoms with Gasteiger partial charge in [-0.05, 0) is 19.2 Å². The van der Waals surface area contributed by atoms with Crippen LogP contribution in [0.5, 0.6) is 5.88 Å². The molecule has 0 unspecified atom stereocenters. The number of nitrogens with one attached hydrogen (secondary N) is 1. The molecule has 102 valence electrons. The Morgan fingerprint density at radius 2 is 2.11 bits per heavy atom. The van der Waals surface area contributed by atoms with Crippen molar-refractivity contribution in [3.63, 3.8) is 0 Å². The first-order valence-electron chi connectivity index (χ1n) is 5.34. The maximum atomic E-state index is 11.2. The number of hydrogen-bond donors (Lipinski definition) is 1. The van der Waals surface area contributed by atoms with Crippen LogP contribution in [0.3, 0.4) is 0 Å². The smallest absolute Gasteiger partial charge is 0.434 e. The van der Waals surface area contributed by atoms with Crippen molar-refractivity contribution in [1.29, 1.82) is 5.41 Å². The van der Waals surface area contributed by atoms with Gasteiger partial charge in [0.2, 0.25) is 5.88 Å². The van der Waals surface area contributed by atoms with E-state index in [4.69, 9.17) is 10.1 Å². The maximum absolute atomic E-state index is 11.2. The summed E-state index contributed by atoms with van der Waals surface area (Å²) >= 11 is 1.20. The van der Waals surface area contributed by atoms with Crippen LogP contribution in [0.2, 0.25) is 0 Å². The molecule has 0 aliphatic carbocycles. The van der Waals surface area contributed by atoms with Gasteiger partial charge in [-0.2, -0.15) is 4.99 Å². The molecular weight excluding hydrogens is 266 g/mol. The van der Waals surface area contributed by atoms with E-state index in [-0.39, 0.29) is 10.8 Å². The average molecular weight is 281 g/mol. The topological polar surface area (TPSA) is 84.6 Å². The Hall–Kier alpha value is -1.89. The lowest BCUT2D eigenvalue weighted by atomic mass is 10.1. The number of rotatable bonds is 3. The van der Waals surface area contributed by atoms with Gasteiger partial charge in [0.1, 0.15) is 5.04 Å². The molecule has 1 rings (SSSR count). The third-order valence-corrected chi connectivity index (χ3v) is 2.88. The van der Waals surface area contributed by atoms with Crippen LogP contribution in [0.4, 0.5) is 4.79 Å². The minimum Gasteiger partial charge on any atom is -0.481 e.